The van der Waals surface area contributed by atoms with Gasteiger partial charge < -0.3 is 19.7 Å². The van der Waals surface area contributed by atoms with Crippen LogP contribution in [-0.2, 0) is 19.5 Å². The van der Waals surface area contributed by atoms with Gasteiger partial charge in [0.15, 0.2) is 11.5 Å². The van der Waals surface area contributed by atoms with Crippen LogP contribution in [-0.4, -0.2) is 36.7 Å². The fraction of sp³-hybridized carbons (Fsp3) is 0.273. The van der Waals surface area contributed by atoms with Crippen molar-refractivity contribution in [2.75, 3.05) is 20.8 Å². The first-order chi connectivity index (χ1) is 14.2. The van der Waals surface area contributed by atoms with Gasteiger partial charge in [0.05, 0.1) is 14.2 Å². The van der Waals surface area contributed by atoms with E-state index in [0.717, 1.165) is 17.5 Å². The maximum atomic E-state index is 12.9. The van der Waals surface area contributed by atoms with Gasteiger partial charge in [-0.25, -0.2) is 4.79 Å². The lowest BCUT2D eigenvalue weighted by atomic mass is 10.2. The number of thiophene rings is 1. The molecule has 0 bridgehead atoms. The monoisotopic (exact) mass is 411 g/mol. The third-order valence-electron chi connectivity index (χ3n) is 4.48. The van der Waals surface area contributed by atoms with Crippen LogP contribution in [0.25, 0.3) is 0 Å². The van der Waals surface area contributed by atoms with E-state index in [-0.39, 0.29) is 6.03 Å². The molecule has 0 atom stereocenters. The van der Waals surface area contributed by atoms with Crippen molar-refractivity contribution in [1.29, 1.82) is 0 Å². The number of ether oxygens (including phenoxy) is 2. The minimum Gasteiger partial charge on any atom is -0.493 e. The average Bonchev–Trinajstić information content (AvgIpc) is 3.29. The summed E-state index contributed by atoms with van der Waals surface area (Å²) in [7, 11) is 3.20. The minimum atomic E-state index is -0.111. The van der Waals surface area contributed by atoms with E-state index in [4.69, 9.17) is 9.47 Å². The van der Waals surface area contributed by atoms with E-state index in [2.05, 4.69) is 21.7 Å². The van der Waals surface area contributed by atoms with E-state index < -0.39 is 0 Å². The Labute approximate surface area is 175 Å². The number of hydrogen-bond acceptors (Lipinski definition) is 5. The lowest BCUT2D eigenvalue weighted by molar-refractivity contribution is 0.195. The molecule has 1 aromatic carbocycles. The van der Waals surface area contributed by atoms with Crippen LogP contribution in [0.5, 0.6) is 11.5 Å². The van der Waals surface area contributed by atoms with Crippen LogP contribution >= 0.6 is 11.3 Å². The fourth-order valence-corrected chi connectivity index (χ4v) is 3.64. The van der Waals surface area contributed by atoms with Gasteiger partial charge in [0.2, 0.25) is 0 Å². The van der Waals surface area contributed by atoms with E-state index in [1.165, 1.54) is 4.88 Å². The van der Waals surface area contributed by atoms with Gasteiger partial charge >= 0.3 is 6.03 Å². The quantitative estimate of drug-likeness (QED) is 0.575. The van der Waals surface area contributed by atoms with E-state index in [1.54, 1.807) is 38.0 Å². The number of amides is 2. The first kappa shape index (κ1) is 20.7. The molecular formula is C22H25N3O3S. The van der Waals surface area contributed by atoms with Crippen LogP contribution in [0.15, 0.2) is 60.2 Å². The number of methoxy groups -OCH3 is 2. The zero-order valence-electron chi connectivity index (χ0n) is 16.6. The Morgan fingerprint density at radius 1 is 1.10 bits per heavy atom. The molecule has 0 aliphatic heterocycles. The van der Waals surface area contributed by atoms with Gasteiger partial charge in [0.1, 0.15) is 0 Å². The molecule has 0 saturated carbocycles. The second-order valence-corrected chi connectivity index (χ2v) is 7.49. The van der Waals surface area contributed by atoms with Gasteiger partial charge in [-0.05, 0) is 47.2 Å². The summed E-state index contributed by atoms with van der Waals surface area (Å²) in [5.41, 5.74) is 1.94. The van der Waals surface area contributed by atoms with Gasteiger partial charge in [-0.3, -0.25) is 4.98 Å². The molecule has 0 saturated heterocycles. The molecule has 0 fully saturated rings. The SMILES string of the molecule is COc1ccc(CNC(=O)N(CCc2cccs2)Cc2cccnc2)cc1OC. The Morgan fingerprint density at radius 2 is 1.97 bits per heavy atom. The highest BCUT2D eigenvalue weighted by Crippen LogP contribution is 2.27. The van der Waals surface area contributed by atoms with Crippen molar-refractivity contribution in [3.63, 3.8) is 0 Å². The van der Waals surface area contributed by atoms with Gasteiger partial charge in [0.25, 0.3) is 0 Å². The van der Waals surface area contributed by atoms with Gasteiger partial charge in [0, 0.05) is 36.9 Å². The number of benzene rings is 1. The summed E-state index contributed by atoms with van der Waals surface area (Å²) in [6, 6.07) is 13.5. The first-order valence-corrected chi connectivity index (χ1v) is 10.2. The maximum Gasteiger partial charge on any atom is 0.317 e. The van der Waals surface area contributed by atoms with E-state index >= 15 is 0 Å². The van der Waals surface area contributed by atoms with Crippen molar-refractivity contribution in [3.05, 3.63) is 76.2 Å². The number of carbonyl (C=O) groups is 1. The molecule has 3 aromatic rings. The molecule has 6 nitrogen and oxygen atoms in total. The maximum absolute atomic E-state index is 12.9. The van der Waals surface area contributed by atoms with Crippen molar-refractivity contribution in [3.8, 4) is 11.5 Å². The average molecular weight is 412 g/mol. The molecule has 0 aliphatic rings. The van der Waals surface area contributed by atoms with Crippen LogP contribution in [0.4, 0.5) is 4.79 Å². The molecule has 0 unspecified atom stereocenters. The molecule has 3 rings (SSSR count). The highest BCUT2D eigenvalue weighted by Gasteiger charge is 2.15. The standard InChI is InChI=1S/C22H25N3O3S/c1-27-20-8-7-17(13-21(20)28-2)15-24-22(26)25(11-9-19-6-4-12-29-19)16-18-5-3-10-23-14-18/h3-8,10,12-14H,9,11,15-16H2,1-2H3,(H,24,26). The summed E-state index contributed by atoms with van der Waals surface area (Å²) in [6.45, 7) is 1.55. The molecular weight excluding hydrogens is 386 g/mol. The molecule has 152 valence electrons. The van der Waals surface area contributed by atoms with Crippen molar-refractivity contribution in [2.24, 2.45) is 0 Å². The van der Waals surface area contributed by atoms with E-state index in [9.17, 15) is 4.79 Å². The van der Waals surface area contributed by atoms with Gasteiger partial charge in [-0.15, -0.1) is 11.3 Å². The normalized spacial score (nSPS) is 10.4. The van der Waals surface area contributed by atoms with E-state index in [1.807, 2.05) is 41.3 Å². The number of rotatable bonds is 9. The Balaban J connectivity index is 1.65. The highest BCUT2D eigenvalue weighted by atomic mass is 32.1. The zero-order valence-corrected chi connectivity index (χ0v) is 17.4. The van der Waals surface area contributed by atoms with Crippen molar-refractivity contribution >= 4 is 17.4 Å². The summed E-state index contributed by atoms with van der Waals surface area (Å²) in [6.07, 6.45) is 4.35. The lowest BCUT2D eigenvalue weighted by Crippen LogP contribution is -2.40. The lowest BCUT2D eigenvalue weighted by Gasteiger charge is -2.23. The molecule has 29 heavy (non-hydrogen) atoms. The van der Waals surface area contributed by atoms with Crippen molar-refractivity contribution in [1.82, 2.24) is 15.2 Å². The van der Waals surface area contributed by atoms with Gasteiger partial charge in [-0.2, -0.15) is 0 Å². The molecule has 2 aromatic heterocycles. The Morgan fingerprint density at radius 3 is 2.66 bits per heavy atom. The van der Waals surface area contributed by atoms with Crippen LogP contribution in [0.1, 0.15) is 16.0 Å². The summed E-state index contributed by atoms with van der Waals surface area (Å²) in [4.78, 5) is 20.1. The smallest absolute Gasteiger partial charge is 0.317 e. The summed E-state index contributed by atoms with van der Waals surface area (Å²) < 4.78 is 10.6. The summed E-state index contributed by atoms with van der Waals surface area (Å²) in [5.74, 6) is 1.31. The second-order valence-electron chi connectivity index (χ2n) is 6.46. The molecule has 2 heterocycles. The molecule has 0 spiro atoms. The minimum absolute atomic E-state index is 0.111. The largest absolute Gasteiger partial charge is 0.493 e. The Bertz CT molecular complexity index is 901. The molecule has 2 amide bonds. The number of hydrogen-bond donors (Lipinski definition) is 1. The van der Waals surface area contributed by atoms with Crippen LogP contribution in [0.3, 0.4) is 0 Å². The topological polar surface area (TPSA) is 63.7 Å². The summed E-state index contributed by atoms with van der Waals surface area (Å²) >= 11 is 1.70. The third kappa shape index (κ3) is 5.96. The predicted molar refractivity (Wildman–Crippen MR) is 114 cm³/mol. The first-order valence-electron chi connectivity index (χ1n) is 9.34. The zero-order chi connectivity index (χ0) is 20.5. The third-order valence-corrected chi connectivity index (χ3v) is 5.42. The number of nitrogens with one attached hydrogen (secondary N) is 1. The number of nitrogens with zero attached hydrogens (tertiary/aromatic N) is 2. The Kier molecular flexibility index (Phi) is 7.47. The number of urea groups is 1. The van der Waals surface area contributed by atoms with Crippen LogP contribution in [0.2, 0.25) is 0 Å². The van der Waals surface area contributed by atoms with Gasteiger partial charge in [-0.1, -0.05) is 18.2 Å². The van der Waals surface area contributed by atoms with Crippen LogP contribution in [0, 0.1) is 0 Å². The van der Waals surface area contributed by atoms with E-state index in [0.29, 0.717) is 31.1 Å². The molecule has 1 N–H and O–H groups in total. The highest BCUT2D eigenvalue weighted by molar-refractivity contribution is 7.09. The summed E-state index contributed by atoms with van der Waals surface area (Å²) in [5, 5.41) is 5.07. The molecule has 7 heteroatoms. The van der Waals surface area contributed by atoms with Crippen LogP contribution < -0.4 is 14.8 Å². The molecule has 0 radical (unpaired) electrons. The fourth-order valence-electron chi connectivity index (χ4n) is 2.94. The second kappa shape index (κ2) is 10.5. The number of aromatic nitrogens is 1. The number of carbonyl (C=O) groups excluding carboxylic acids is 1. The number of pyridine rings is 1. The van der Waals surface area contributed by atoms with Crippen molar-refractivity contribution in [2.45, 2.75) is 19.5 Å². The van der Waals surface area contributed by atoms with Crippen molar-refractivity contribution < 1.29 is 14.3 Å². The molecule has 0 aliphatic carbocycles. The predicted octanol–water partition coefficient (Wildman–Crippen LogP) is 4.11. The Hall–Kier alpha value is -3.06.